The molecule has 4 heteroatoms. The molecule has 1 saturated heterocycles. The van der Waals surface area contributed by atoms with Crippen molar-refractivity contribution >= 4 is 17.3 Å². The Labute approximate surface area is 101 Å². The van der Waals surface area contributed by atoms with Crippen LogP contribution in [0.5, 0.6) is 0 Å². The van der Waals surface area contributed by atoms with Crippen molar-refractivity contribution in [2.45, 2.75) is 19.9 Å². The maximum absolute atomic E-state index is 11.5. The number of nitrogens with zero attached hydrogens (tertiary/aromatic N) is 1. The second kappa shape index (κ2) is 3.65. The number of hydrogen-bond donors (Lipinski definition) is 2. The van der Waals surface area contributed by atoms with Crippen molar-refractivity contribution in [1.82, 2.24) is 5.32 Å². The van der Waals surface area contributed by atoms with E-state index in [1.54, 1.807) is 0 Å². The van der Waals surface area contributed by atoms with Gasteiger partial charge in [-0.15, -0.1) is 0 Å². The van der Waals surface area contributed by atoms with Gasteiger partial charge in [0.2, 0.25) is 0 Å². The van der Waals surface area contributed by atoms with Crippen LogP contribution in [-0.2, 0) is 6.54 Å². The molecule has 1 aromatic carbocycles. The van der Waals surface area contributed by atoms with Crippen LogP contribution in [0.2, 0.25) is 0 Å². The Balaban J connectivity index is 1.99. The van der Waals surface area contributed by atoms with E-state index >= 15 is 0 Å². The van der Waals surface area contributed by atoms with Crippen molar-refractivity contribution in [3.05, 3.63) is 23.3 Å². The first-order valence-corrected chi connectivity index (χ1v) is 6.10. The lowest BCUT2D eigenvalue weighted by Crippen LogP contribution is -2.20. The fraction of sp³-hybridized carbons (Fsp3) is 0.462. The van der Waals surface area contributed by atoms with Gasteiger partial charge in [-0.2, -0.15) is 0 Å². The van der Waals surface area contributed by atoms with Gasteiger partial charge in [0.25, 0.3) is 5.91 Å². The average molecular weight is 231 g/mol. The second-order valence-electron chi connectivity index (χ2n) is 5.09. The number of rotatable bonds is 1. The number of fused-ring (bicyclic) bond motifs is 1. The molecule has 0 radical (unpaired) electrons. The Morgan fingerprint density at radius 2 is 2.29 bits per heavy atom. The Morgan fingerprint density at radius 1 is 1.47 bits per heavy atom. The molecule has 4 nitrogen and oxygen atoms in total. The van der Waals surface area contributed by atoms with E-state index in [-0.39, 0.29) is 5.91 Å². The fourth-order valence-corrected chi connectivity index (χ4v) is 2.70. The maximum Gasteiger partial charge on any atom is 0.251 e. The highest BCUT2D eigenvalue weighted by Crippen LogP contribution is 2.32. The van der Waals surface area contributed by atoms with Gasteiger partial charge in [0, 0.05) is 25.2 Å². The summed E-state index contributed by atoms with van der Waals surface area (Å²) < 4.78 is 0. The van der Waals surface area contributed by atoms with Gasteiger partial charge in [-0.25, -0.2) is 0 Å². The van der Waals surface area contributed by atoms with Crippen LogP contribution >= 0.6 is 0 Å². The molecular weight excluding hydrogens is 214 g/mol. The third-order valence-electron chi connectivity index (χ3n) is 3.70. The zero-order valence-electron chi connectivity index (χ0n) is 9.99. The molecule has 2 aliphatic rings. The number of carbonyl (C=O) groups excluding carboxylic acids is 1. The molecule has 17 heavy (non-hydrogen) atoms. The van der Waals surface area contributed by atoms with Crippen molar-refractivity contribution in [3.8, 4) is 0 Å². The van der Waals surface area contributed by atoms with E-state index in [0.29, 0.717) is 6.54 Å². The highest BCUT2D eigenvalue weighted by atomic mass is 16.1. The van der Waals surface area contributed by atoms with Crippen molar-refractivity contribution in [3.63, 3.8) is 0 Å². The number of amides is 1. The Bertz CT molecular complexity index is 484. The minimum absolute atomic E-state index is 0.00644. The molecule has 0 spiro atoms. The van der Waals surface area contributed by atoms with Crippen LogP contribution in [0, 0.1) is 5.92 Å². The summed E-state index contributed by atoms with van der Waals surface area (Å²) in [5.74, 6) is 0.718. The molecule has 2 aliphatic heterocycles. The molecule has 3 N–H and O–H groups in total. The molecule has 90 valence electrons. The number of hydrogen-bond acceptors (Lipinski definition) is 3. The number of nitrogens with one attached hydrogen (secondary N) is 1. The predicted octanol–water partition coefficient (Wildman–Crippen LogP) is 1.36. The first-order chi connectivity index (χ1) is 8.15. The third kappa shape index (κ3) is 1.64. The predicted molar refractivity (Wildman–Crippen MR) is 68.0 cm³/mol. The minimum Gasteiger partial charge on any atom is -0.397 e. The molecule has 3 rings (SSSR count). The van der Waals surface area contributed by atoms with Crippen molar-refractivity contribution in [2.24, 2.45) is 5.92 Å². The van der Waals surface area contributed by atoms with Crippen LogP contribution in [0.1, 0.15) is 29.3 Å². The van der Waals surface area contributed by atoms with E-state index in [2.05, 4.69) is 23.2 Å². The van der Waals surface area contributed by atoms with Crippen LogP contribution in [0.4, 0.5) is 11.4 Å². The van der Waals surface area contributed by atoms with Crippen LogP contribution in [0.25, 0.3) is 0 Å². The van der Waals surface area contributed by atoms with E-state index in [9.17, 15) is 4.79 Å². The molecule has 1 aromatic rings. The van der Waals surface area contributed by atoms with Crippen LogP contribution in [0.15, 0.2) is 12.1 Å². The number of anilines is 2. The summed E-state index contributed by atoms with van der Waals surface area (Å²) in [4.78, 5) is 13.8. The highest BCUT2D eigenvalue weighted by Gasteiger charge is 2.25. The zero-order valence-corrected chi connectivity index (χ0v) is 9.99. The topological polar surface area (TPSA) is 58.4 Å². The largest absolute Gasteiger partial charge is 0.397 e. The van der Waals surface area contributed by atoms with Gasteiger partial charge in [-0.05, 0) is 30.0 Å². The summed E-state index contributed by atoms with van der Waals surface area (Å²) in [7, 11) is 0. The molecule has 0 saturated carbocycles. The van der Waals surface area contributed by atoms with E-state index in [0.717, 1.165) is 41.5 Å². The highest BCUT2D eigenvalue weighted by molar-refractivity contribution is 6.00. The first kappa shape index (κ1) is 10.4. The zero-order chi connectivity index (χ0) is 12.0. The molecular formula is C13H17N3O. The van der Waals surface area contributed by atoms with Gasteiger partial charge in [0.15, 0.2) is 0 Å². The van der Waals surface area contributed by atoms with Crippen molar-refractivity contribution < 1.29 is 4.79 Å². The summed E-state index contributed by atoms with van der Waals surface area (Å²) in [6.45, 7) is 5.01. The molecule has 0 aromatic heterocycles. The van der Waals surface area contributed by atoms with Crippen molar-refractivity contribution in [1.29, 1.82) is 0 Å². The number of nitrogens with two attached hydrogens (primary N) is 1. The number of benzene rings is 1. The maximum atomic E-state index is 11.5. The van der Waals surface area contributed by atoms with E-state index in [1.807, 2.05) is 6.07 Å². The van der Waals surface area contributed by atoms with Crippen molar-refractivity contribution in [2.75, 3.05) is 23.7 Å². The Hall–Kier alpha value is -1.71. The van der Waals surface area contributed by atoms with Gasteiger partial charge in [-0.3, -0.25) is 4.79 Å². The summed E-state index contributed by atoms with van der Waals surface area (Å²) in [5.41, 5.74) is 9.67. The molecule has 1 atom stereocenters. The molecule has 0 bridgehead atoms. The Morgan fingerprint density at radius 3 is 3.00 bits per heavy atom. The molecule has 1 unspecified atom stereocenters. The van der Waals surface area contributed by atoms with E-state index < -0.39 is 0 Å². The van der Waals surface area contributed by atoms with E-state index in [4.69, 9.17) is 5.73 Å². The van der Waals surface area contributed by atoms with Crippen LogP contribution < -0.4 is 16.0 Å². The lowest BCUT2D eigenvalue weighted by atomic mass is 10.1. The van der Waals surface area contributed by atoms with Gasteiger partial charge in [-0.1, -0.05) is 6.92 Å². The molecule has 1 amide bonds. The number of nitrogen functional groups attached to an aromatic ring is 1. The van der Waals surface area contributed by atoms with E-state index in [1.165, 1.54) is 6.42 Å². The van der Waals surface area contributed by atoms with Gasteiger partial charge in [0.1, 0.15) is 0 Å². The quantitative estimate of drug-likeness (QED) is 0.717. The Kier molecular flexibility index (Phi) is 2.24. The summed E-state index contributed by atoms with van der Waals surface area (Å²) in [6, 6.07) is 3.89. The summed E-state index contributed by atoms with van der Waals surface area (Å²) >= 11 is 0. The van der Waals surface area contributed by atoms with Gasteiger partial charge < -0.3 is 16.0 Å². The number of carbonyl (C=O) groups is 1. The lowest BCUT2D eigenvalue weighted by molar-refractivity contribution is 0.0966. The normalized spacial score (nSPS) is 22.8. The standard InChI is InChI=1S/C13H17N3O/c1-8-2-3-16(7-8)12-4-9-6-15-13(17)10(9)5-11(12)14/h4-5,8H,2-3,6-7,14H2,1H3,(H,15,17). The van der Waals surface area contributed by atoms with Gasteiger partial charge >= 0.3 is 0 Å². The smallest absolute Gasteiger partial charge is 0.251 e. The SMILES string of the molecule is CC1CCN(c2cc3c(cc2N)C(=O)NC3)C1. The first-order valence-electron chi connectivity index (χ1n) is 6.10. The second-order valence-corrected chi connectivity index (χ2v) is 5.09. The van der Waals surface area contributed by atoms with Crippen LogP contribution in [-0.4, -0.2) is 19.0 Å². The van der Waals surface area contributed by atoms with Gasteiger partial charge in [0.05, 0.1) is 11.4 Å². The monoisotopic (exact) mass is 231 g/mol. The van der Waals surface area contributed by atoms with Crippen LogP contribution in [0.3, 0.4) is 0 Å². The average Bonchev–Trinajstić information content (AvgIpc) is 2.86. The molecule has 0 aliphatic carbocycles. The molecule has 1 fully saturated rings. The fourth-order valence-electron chi connectivity index (χ4n) is 2.70. The summed E-state index contributed by atoms with van der Waals surface area (Å²) in [5, 5.41) is 2.83. The summed E-state index contributed by atoms with van der Waals surface area (Å²) in [6.07, 6.45) is 1.22. The molecule has 2 heterocycles. The minimum atomic E-state index is -0.00644. The third-order valence-corrected chi connectivity index (χ3v) is 3.70. The lowest BCUT2D eigenvalue weighted by Gasteiger charge is -2.21.